The Kier molecular flexibility index (Phi) is 4.61. The van der Waals surface area contributed by atoms with E-state index >= 15 is 0 Å². The van der Waals surface area contributed by atoms with Gasteiger partial charge in [0.15, 0.2) is 0 Å². The normalized spacial score (nSPS) is 10.4. The number of carbonyl (C=O) groups is 1. The number of nitrogens with one attached hydrogen (secondary N) is 1. The Hall–Kier alpha value is -3.41. The molecule has 0 aliphatic rings. The van der Waals surface area contributed by atoms with Gasteiger partial charge in [0.2, 0.25) is 0 Å². The predicted octanol–water partition coefficient (Wildman–Crippen LogP) is 4.37. The lowest BCUT2D eigenvalue weighted by atomic mass is 10.1. The molecule has 0 fully saturated rings. The first-order chi connectivity index (χ1) is 12.1. The molecule has 0 spiro atoms. The Bertz CT molecular complexity index is 899. The monoisotopic (exact) mass is 336 g/mol. The second-order valence-electron chi connectivity index (χ2n) is 5.44. The van der Waals surface area contributed by atoms with E-state index in [1.807, 2.05) is 37.3 Å². The number of nitrogens with zero attached hydrogens (tertiary/aromatic N) is 1. The van der Waals surface area contributed by atoms with Crippen molar-refractivity contribution in [2.24, 2.45) is 0 Å². The number of rotatable bonds is 5. The minimum Gasteiger partial charge on any atom is -0.423 e. The molecule has 6 heteroatoms. The largest absolute Gasteiger partial charge is 0.423 e. The van der Waals surface area contributed by atoms with E-state index in [1.54, 1.807) is 6.07 Å². The first-order valence-electron chi connectivity index (χ1n) is 7.82. The summed E-state index contributed by atoms with van der Waals surface area (Å²) in [6.07, 6.45) is 0.755. The fourth-order valence-corrected chi connectivity index (χ4v) is 2.49. The van der Waals surface area contributed by atoms with Gasteiger partial charge in [0.25, 0.3) is 5.69 Å². The van der Waals surface area contributed by atoms with E-state index in [9.17, 15) is 14.9 Å². The summed E-state index contributed by atoms with van der Waals surface area (Å²) >= 11 is 0. The highest BCUT2D eigenvalue weighted by atomic mass is 16.6. The molecule has 25 heavy (non-hydrogen) atoms. The average molecular weight is 336 g/mol. The Morgan fingerprint density at radius 1 is 1.12 bits per heavy atom. The van der Waals surface area contributed by atoms with Crippen molar-refractivity contribution in [3.63, 3.8) is 0 Å². The van der Waals surface area contributed by atoms with Crippen LogP contribution >= 0.6 is 0 Å². The summed E-state index contributed by atoms with van der Waals surface area (Å²) in [5, 5.41) is 10.7. The number of H-pyrrole nitrogens is 1. The highest BCUT2D eigenvalue weighted by Gasteiger charge is 2.18. The summed E-state index contributed by atoms with van der Waals surface area (Å²) in [7, 11) is 0. The van der Waals surface area contributed by atoms with E-state index in [1.165, 1.54) is 24.3 Å². The fraction of sp³-hybridized carbons (Fsp3) is 0.105. The van der Waals surface area contributed by atoms with Gasteiger partial charge in [-0.2, -0.15) is 0 Å². The van der Waals surface area contributed by atoms with Crippen molar-refractivity contribution < 1.29 is 14.5 Å². The van der Waals surface area contributed by atoms with Crippen LogP contribution in [0.3, 0.4) is 0 Å². The molecule has 0 amide bonds. The van der Waals surface area contributed by atoms with Crippen LogP contribution in [0, 0.1) is 10.1 Å². The number of non-ortho nitro benzene ring substituents is 1. The van der Waals surface area contributed by atoms with Crippen molar-refractivity contribution in [1.82, 2.24) is 4.98 Å². The number of benzene rings is 2. The van der Waals surface area contributed by atoms with Gasteiger partial charge in [0.1, 0.15) is 5.75 Å². The SMILES string of the molecule is CCc1cc(C(=O)Oc2ccc([N+](=O)[O-])cc2)c(-c2ccccc2)[nH]1. The molecule has 0 unspecified atom stereocenters. The molecule has 0 aliphatic carbocycles. The lowest BCUT2D eigenvalue weighted by Crippen LogP contribution is -2.09. The highest BCUT2D eigenvalue weighted by Crippen LogP contribution is 2.26. The number of nitro benzene ring substituents is 1. The standard InChI is InChI=1S/C19H16N2O4/c1-2-14-12-17(18(20-14)13-6-4-3-5-7-13)19(22)25-16-10-8-15(9-11-16)21(23)24/h3-12,20H,2H2,1H3. The predicted molar refractivity (Wildman–Crippen MR) is 93.7 cm³/mol. The molecule has 1 aromatic heterocycles. The van der Waals surface area contributed by atoms with Crippen LogP contribution in [-0.2, 0) is 6.42 Å². The second-order valence-corrected chi connectivity index (χ2v) is 5.44. The molecular weight excluding hydrogens is 320 g/mol. The summed E-state index contributed by atoms with van der Waals surface area (Å²) in [5.41, 5.74) is 2.89. The lowest BCUT2D eigenvalue weighted by molar-refractivity contribution is -0.384. The first kappa shape index (κ1) is 16.4. The number of esters is 1. The molecule has 3 aromatic rings. The Labute approximate surface area is 144 Å². The lowest BCUT2D eigenvalue weighted by Gasteiger charge is -2.05. The van der Waals surface area contributed by atoms with Gasteiger partial charge in [-0.15, -0.1) is 0 Å². The third-order valence-electron chi connectivity index (χ3n) is 3.79. The topological polar surface area (TPSA) is 85.2 Å². The molecule has 0 saturated heterocycles. The van der Waals surface area contributed by atoms with Crippen LogP contribution in [-0.4, -0.2) is 15.9 Å². The molecule has 0 radical (unpaired) electrons. The van der Waals surface area contributed by atoms with Gasteiger partial charge in [-0.25, -0.2) is 4.79 Å². The summed E-state index contributed by atoms with van der Waals surface area (Å²) in [6.45, 7) is 1.99. The summed E-state index contributed by atoms with van der Waals surface area (Å²) < 4.78 is 5.37. The van der Waals surface area contributed by atoms with E-state index in [-0.39, 0.29) is 11.4 Å². The maximum Gasteiger partial charge on any atom is 0.345 e. The van der Waals surface area contributed by atoms with Crippen LogP contribution in [0.5, 0.6) is 5.75 Å². The molecule has 3 rings (SSSR count). The third kappa shape index (κ3) is 3.58. The zero-order valence-corrected chi connectivity index (χ0v) is 13.6. The number of carbonyl (C=O) groups excluding carboxylic acids is 1. The van der Waals surface area contributed by atoms with Crippen LogP contribution in [0.15, 0.2) is 60.7 Å². The Morgan fingerprint density at radius 2 is 1.80 bits per heavy atom. The van der Waals surface area contributed by atoms with Gasteiger partial charge in [-0.3, -0.25) is 10.1 Å². The minimum atomic E-state index is -0.511. The summed E-state index contributed by atoms with van der Waals surface area (Å²) in [6, 6.07) is 16.7. The highest BCUT2D eigenvalue weighted by molar-refractivity contribution is 5.98. The minimum absolute atomic E-state index is 0.0558. The van der Waals surface area contributed by atoms with Crippen molar-refractivity contribution in [3.8, 4) is 17.0 Å². The number of ether oxygens (including phenoxy) is 1. The molecule has 2 aromatic carbocycles. The quantitative estimate of drug-likeness (QED) is 0.324. The number of nitro groups is 1. The molecule has 0 atom stereocenters. The molecule has 0 saturated carbocycles. The van der Waals surface area contributed by atoms with Crippen LogP contribution in [0.2, 0.25) is 0 Å². The van der Waals surface area contributed by atoms with Crippen LogP contribution in [0.1, 0.15) is 23.0 Å². The van der Waals surface area contributed by atoms with Crippen LogP contribution in [0.4, 0.5) is 5.69 Å². The fourth-order valence-electron chi connectivity index (χ4n) is 2.49. The average Bonchev–Trinajstić information content (AvgIpc) is 3.07. The number of aryl methyl sites for hydroxylation is 1. The van der Waals surface area contributed by atoms with Crippen molar-refractivity contribution in [1.29, 1.82) is 0 Å². The second kappa shape index (κ2) is 7.00. The van der Waals surface area contributed by atoms with Gasteiger partial charge in [-0.1, -0.05) is 37.3 Å². The number of aromatic amines is 1. The van der Waals surface area contributed by atoms with Crippen LogP contribution < -0.4 is 4.74 Å². The number of hydrogen-bond acceptors (Lipinski definition) is 4. The van der Waals surface area contributed by atoms with Crippen molar-refractivity contribution in [2.45, 2.75) is 13.3 Å². The maximum atomic E-state index is 12.6. The van der Waals surface area contributed by atoms with Gasteiger partial charge >= 0.3 is 5.97 Å². The number of aromatic nitrogens is 1. The molecular formula is C19H16N2O4. The summed E-state index contributed by atoms with van der Waals surface area (Å²) in [5.74, 6) is -0.252. The smallest absolute Gasteiger partial charge is 0.345 e. The molecule has 126 valence electrons. The number of hydrogen-bond donors (Lipinski definition) is 1. The third-order valence-corrected chi connectivity index (χ3v) is 3.79. The molecule has 1 N–H and O–H groups in total. The van der Waals surface area contributed by atoms with E-state index in [0.717, 1.165) is 17.7 Å². The molecule has 0 bridgehead atoms. The molecule has 6 nitrogen and oxygen atoms in total. The van der Waals surface area contributed by atoms with Gasteiger partial charge < -0.3 is 9.72 Å². The van der Waals surface area contributed by atoms with Gasteiger partial charge in [0, 0.05) is 17.8 Å². The zero-order chi connectivity index (χ0) is 17.8. The molecule has 0 aliphatic heterocycles. The van der Waals surface area contributed by atoms with E-state index in [4.69, 9.17) is 4.74 Å². The van der Waals surface area contributed by atoms with Crippen molar-refractivity contribution in [2.75, 3.05) is 0 Å². The van der Waals surface area contributed by atoms with Crippen molar-refractivity contribution >= 4 is 11.7 Å². The van der Waals surface area contributed by atoms with E-state index < -0.39 is 10.9 Å². The van der Waals surface area contributed by atoms with Crippen molar-refractivity contribution in [3.05, 3.63) is 82.0 Å². The van der Waals surface area contributed by atoms with E-state index in [0.29, 0.717) is 11.3 Å². The summed E-state index contributed by atoms with van der Waals surface area (Å²) in [4.78, 5) is 26.0. The van der Waals surface area contributed by atoms with Gasteiger partial charge in [0.05, 0.1) is 16.2 Å². The Balaban J connectivity index is 1.89. The molecule has 1 heterocycles. The first-order valence-corrected chi connectivity index (χ1v) is 7.82. The van der Waals surface area contributed by atoms with Crippen LogP contribution in [0.25, 0.3) is 11.3 Å². The Morgan fingerprint density at radius 3 is 2.40 bits per heavy atom. The zero-order valence-electron chi connectivity index (χ0n) is 13.6. The van der Waals surface area contributed by atoms with Gasteiger partial charge in [-0.05, 0) is 30.2 Å². The maximum absolute atomic E-state index is 12.6. The van der Waals surface area contributed by atoms with E-state index in [2.05, 4.69) is 4.98 Å².